The Morgan fingerprint density at radius 3 is 2.24 bits per heavy atom. The first-order valence-electron chi connectivity index (χ1n) is 12.5. The number of nitrogens with one attached hydrogen (secondary N) is 2. The number of unbranched alkanes of at least 4 members (excludes halogenated alkanes) is 4. The molecule has 4 aromatic rings. The average Bonchev–Trinajstić information content (AvgIpc) is 3.33. The number of hydrogen-bond donors (Lipinski definition) is 2. The molecule has 3 aromatic carbocycles. The standard InChI is InChI=1S/C30H35N3S/c1-2-3-4-5-12-20-31-22-24-14-13-15-25(21-24)23-34-30-32-28(26-16-8-6-9-17-26)29(33-30)27-18-10-7-11-19-27/h6-11,13-19,21,31H,2-5,12,20,22-23H2,1H3,(H,32,33). The van der Waals surface area contributed by atoms with Crippen LogP contribution in [0.25, 0.3) is 22.5 Å². The molecule has 176 valence electrons. The van der Waals surface area contributed by atoms with Crippen molar-refractivity contribution in [1.82, 2.24) is 15.3 Å². The fraction of sp³-hybridized carbons (Fsp3) is 0.300. The molecule has 4 heteroatoms. The summed E-state index contributed by atoms with van der Waals surface area (Å²) in [5, 5.41) is 4.55. The van der Waals surface area contributed by atoms with Gasteiger partial charge < -0.3 is 10.3 Å². The molecule has 0 aliphatic rings. The van der Waals surface area contributed by atoms with Gasteiger partial charge in [0.1, 0.15) is 0 Å². The number of imidazole rings is 1. The SMILES string of the molecule is CCCCCCCNCc1cccc(CSc2nc(-c3ccccc3)c(-c3ccccc3)[nH]2)c1. The van der Waals surface area contributed by atoms with Crippen molar-refractivity contribution >= 4 is 11.8 Å². The number of rotatable bonds is 13. The maximum Gasteiger partial charge on any atom is 0.166 e. The summed E-state index contributed by atoms with van der Waals surface area (Å²) in [6, 6.07) is 29.8. The molecule has 0 saturated heterocycles. The Morgan fingerprint density at radius 2 is 1.47 bits per heavy atom. The van der Waals surface area contributed by atoms with Gasteiger partial charge in [-0.2, -0.15) is 0 Å². The minimum atomic E-state index is 0.890. The fourth-order valence-electron chi connectivity index (χ4n) is 4.11. The first-order valence-corrected chi connectivity index (χ1v) is 13.4. The van der Waals surface area contributed by atoms with E-state index in [1.165, 1.54) is 43.2 Å². The molecular weight excluding hydrogens is 434 g/mol. The summed E-state index contributed by atoms with van der Waals surface area (Å²) in [5.74, 6) is 0.890. The van der Waals surface area contributed by atoms with Gasteiger partial charge in [-0.15, -0.1) is 0 Å². The number of benzene rings is 3. The van der Waals surface area contributed by atoms with Gasteiger partial charge in [0.2, 0.25) is 0 Å². The second-order valence-corrected chi connectivity index (χ2v) is 9.66. The van der Waals surface area contributed by atoms with Gasteiger partial charge in [-0.1, -0.05) is 129 Å². The molecule has 4 rings (SSSR count). The molecule has 3 nitrogen and oxygen atoms in total. The van der Waals surface area contributed by atoms with Crippen LogP contribution in [0.3, 0.4) is 0 Å². The summed E-state index contributed by atoms with van der Waals surface area (Å²) in [6.45, 7) is 4.29. The molecule has 0 spiro atoms. The van der Waals surface area contributed by atoms with Crippen LogP contribution in [-0.2, 0) is 12.3 Å². The van der Waals surface area contributed by atoms with Crippen molar-refractivity contribution in [2.45, 2.75) is 56.5 Å². The summed E-state index contributed by atoms with van der Waals surface area (Å²) in [5.41, 5.74) is 7.04. The van der Waals surface area contributed by atoms with E-state index in [2.05, 4.69) is 90.0 Å². The number of aromatic amines is 1. The number of H-pyrrole nitrogens is 1. The van der Waals surface area contributed by atoms with E-state index in [0.29, 0.717) is 0 Å². The van der Waals surface area contributed by atoms with Crippen LogP contribution in [0.2, 0.25) is 0 Å². The van der Waals surface area contributed by atoms with Crippen molar-refractivity contribution in [1.29, 1.82) is 0 Å². The molecule has 1 aromatic heterocycles. The highest BCUT2D eigenvalue weighted by atomic mass is 32.2. The minimum absolute atomic E-state index is 0.890. The molecule has 0 amide bonds. The van der Waals surface area contributed by atoms with Crippen LogP contribution < -0.4 is 5.32 Å². The number of nitrogens with zero attached hydrogens (tertiary/aromatic N) is 1. The Hall–Kier alpha value is -2.82. The Balaban J connectivity index is 1.38. The van der Waals surface area contributed by atoms with Crippen LogP contribution in [0.1, 0.15) is 50.2 Å². The third kappa shape index (κ3) is 7.09. The third-order valence-electron chi connectivity index (χ3n) is 5.94. The first-order chi connectivity index (χ1) is 16.8. The largest absolute Gasteiger partial charge is 0.332 e. The quantitative estimate of drug-likeness (QED) is 0.153. The zero-order chi connectivity index (χ0) is 23.4. The topological polar surface area (TPSA) is 40.7 Å². The van der Waals surface area contributed by atoms with E-state index in [1.54, 1.807) is 11.8 Å². The molecule has 0 unspecified atom stereocenters. The van der Waals surface area contributed by atoms with Crippen molar-refractivity contribution in [3.63, 3.8) is 0 Å². The lowest BCUT2D eigenvalue weighted by Crippen LogP contribution is -2.14. The van der Waals surface area contributed by atoms with Crippen LogP contribution in [0.15, 0.2) is 90.1 Å². The molecule has 0 bridgehead atoms. The number of thioether (sulfide) groups is 1. The van der Waals surface area contributed by atoms with Gasteiger partial charge in [-0.3, -0.25) is 0 Å². The molecule has 0 saturated carbocycles. The lowest BCUT2D eigenvalue weighted by molar-refractivity contribution is 0.583. The van der Waals surface area contributed by atoms with Crippen LogP contribution in [-0.4, -0.2) is 16.5 Å². The molecule has 0 aliphatic heterocycles. The van der Waals surface area contributed by atoms with Crippen molar-refractivity contribution in [3.8, 4) is 22.5 Å². The highest BCUT2D eigenvalue weighted by molar-refractivity contribution is 7.98. The van der Waals surface area contributed by atoms with E-state index >= 15 is 0 Å². The summed E-state index contributed by atoms with van der Waals surface area (Å²) < 4.78 is 0. The summed E-state index contributed by atoms with van der Waals surface area (Å²) in [6.07, 6.45) is 6.61. The molecule has 34 heavy (non-hydrogen) atoms. The molecule has 0 radical (unpaired) electrons. The Labute approximate surface area is 208 Å². The van der Waals surface area contributed by atoms with Crippen LogP contribution in [0.4, 0.5) is 0 Å². The normalized spacial score (nSPS) is 11.1. The van der Waals surface area contributed by atoms with Crippen LogP contribution >= 0.6 is 11.8 Å². The van der Waals surface area contributed by atoms with Gasteiger partial charge in [0, 0.05) is 23.4 Å². The van der Waals surface area contributed by atoms with Crippen molar-refractivity contribution in [2.24, 2.45) is 0 Å². The zero-order valence-electron chi connectivity index (χ0n) is 20.1. The maximum absolute atomic E-state index is 4.98. The van der Waals surface area contributed by atoms with Crippen LogP contribution in [0.5, 0.6) is 0 Å². The molecule has 0 atom stereocenters. The minimum Gasteiger partial charge on any atom is -0.332 e. The predicted octanol–water partition coefficient (Wildman–Crippen LogP) is 8.10. The smallest absolute Gasteiger partial charge is 0.166 e. The summed E-state index contributed by atoms with van der Waals surface area (Å²) in [4.78, 5) is 8.56. The van der Waals surface area contributed by atoms with Gasteiger partial charge in [-0.25, -0.2) is 4.98 Å². The van der Waals surface area contributed by atoms with Crippen molar-refractivity contribution in [3.05, 3.63) is 96.1 Å². The number of aromatic nitrogens is 2. The van der Waals surface area contributed by atoms with Gasteiger partial charge in [0.05, 0.1) is 11.4 Å². The zero-order valence-corrected chi connectivity index (χ0v) is 20.9. The van der Waals surface area contributed by atoms with Crippen LogP contribution in [0, 0.1) is 0 Å². The molecule has 0 fully saturated rings. The Kier molecular flexibility index (Phi) is 9.41. The lowest BCUT2D eigenvalue weighted by Gasteiger charge is -2.07. The molecule has 1 heterocycles. The Bertz CT molecular complexity index is 1070. The third-order valence-corrected chi connectivity index (χ3v) is 6.89. The highest BCUT2D eigenvalue weighted by Gasteiger charge is 2.14. The van der Waals surface area contributed by atoms with E-state index < -0.39 is 0 Å². The van der Waals surface area contributed by atoms with Gasteiger partial charge >= 0.3 is 0 Å². The van der Waals surface area contributed by atoms with Gasteiger partial charge in [-0.05, 0) is 24.1 Å². The lowest BCUT2D eigenvalue weighted by atomic mass is 10.1. The Morgan fingerprint density at radius 1 is 0.765 bits per heavy atom. The van der Waals surface area contributed by atoms with Crippen molar-refractivity contribution < 1.29 is 0 Å². The van der Waals surface area contributed by atoms with E-state index in [1.807, 2.05) is 12.1 Å². The van der Waals surface area contributed by atoms with E-state index in [4.69, 9.17) is 4.98 Å². The molecular formula is C30H35N3S. The molecule has 2 N–H and O–H groups in total. The predicted molar refractivity (Wildman–Crippen MR) is 146 cm³/mol. The first kappa shape index (κ1) is 24.3. The fourth-order valence-corrected chi connectivity index (χ4v) is 4.92. The van der Waals surface area contributed by atoms with E-state index in [0.717, 1.165) is 46.5 Å². The number of hydrogen-bond acceptors (Lipinski definition) is 3. The summed E-state index contributed by atoms with van der Waals surface area (Å²) >= 11 is 1.76. The second kappa shape index (κ2) is 13.2. The maximum atomic E-state index is 4.98. The average molecular weight is 470 g/mol. The highest BCUT2D eigenvalue weighted by Crippen LogP contribution is 2.33. The van der Waals surface area contributed by atoms with Gasteiger partial charge in [0.15, 0.2) is 5.16 Å². The van der Waals surface area contributed by atoms with E-state index in [9.17, 15) is 0 Å². The monoisotopic (exact) mass is 469 g/mol. The van der Waals surface area contributed by atoms with E-state index in [-0.39, 0.29) is 0 Å². The van der Waals surface area contributed by atoms with Gasteiger partial charge in [0.25, 0.3) is 0 Å². The molecule has 0 aliphatic carbocycles. The summed E-state index contributed by atoms with van der Waals surface area (Å²) in [7, 11) is 0. The second-order valence-electron chi connectivity index (χ2n) is 8.70. The van der Waals surface area contributed by atoms with Crippen molar-refractivity contribution in [2.75, 3.05) is 6.54 Å².